The Kier molecular flexibility index (Phi) is 11.1. The fourth-order valence-corrected chi connectivity index (χ4v) is 2.42. The van der Waals surface area contributed by atoms with Crippen LogP contribution in [0.5, 0.6) is 0 Å². The van der Waals surface area contributed by atoms with Crippen molar-refractivity contribution in [2.24, 2.45) is 0 Å². The first-order valence-corrected chi connectivity index (χ1v) is 7.75. The molecule has 6 nitrogen and oxygen atoms in total. The molecule has 0 aromatic carbocycles. The molecule has 4 N–H and O–H groups in total. The first kappa shape index (κ1) is 17.8. The fourth-order valence-electron chi connectivity index (χ4n) is 2.42. The average Bonchev–Trinajstić information content (AvgIpc) is 2.48. The van der Waals surface area contributed by atoms with Gasteiger partial charge >= 0.3 is 0 Å². The monoisotopic (exact) mass is 290 g/mol. The molecule has 0 amide bonds. The maximum atomic E-state index is 8.67. The lowest BCUT2D eigenvalue weighted by atomic mass is 9.94. The largest absolute Gasteiger partial charge is 0.395 e. The van der Waals surface area contributed by atoms with Crippen molar-refractivity contribution >= 4 is 0 Å². The van der Waals surface area contributed by atoms with E-state index in [2.05, 4.69) is 10.6 Å². The van der Waals surface area contributed by atoms with Gasteiger partial charge in [0.25, 0.3) is 0 Å². The molecule has 1 fully saturated rings. The number of aliphatic hydroxyl groups is 2. The lowest BCUT2D eigenvalue weighted by molar-refractivity contribution is -0.0903. The minimum atomic E-state index is 0.163. The molecule has 20 heavy (non-hydrogen) atoms. The Balaban J connectivity index is 2.10. The molecule has 0 spiro atoms. The summed E-state index contributed by atoms with van der Waals surface area (Å²) in [5.41, 5.74) is 0. The SMILES string of the molecule is OCCNCCO[C@H]1CCCC[C@H]1OCCNCCO. The maximum absolute atomic E-state index is 8.67. The van der Waals surface area contributed by atoms with Gasteiger partial charge in [-0.05, 0) is 12.8 Å². The average molecular weight is 290 g/mol. The molecule has 0 bridgehead atoms. The van der Waals surface area contributed by atoms with Crippen molar-refractivity contribution in [2.45, 2.75) is 37.9 Å². The van der Waals surface area contributed by atoms with Crippen LogP contribution in [0.25, 0.3) is 0 Å². The van der Waals surface area contributed by atoms with Crippen molar-refractivity contribution < 1.29 is 19.7 Å². The predicted molar refractivity (Wildman–Crippen MR) is 77.9 cm³/mol. The molecule has 0 aliphatic heterocycles. The Labute approximate surface area is 121 Å². The number of rotatable bonds is 12. The summed E-state index contributed by atoms with van der Waals surface area (Å²) in [5, 5.41) is 23.6. The van der Waals surface area contributed by atoms with Crippen LogP contribution in [0, 0.1) is 0 Å². The van der Waals surface area contributed by atoms with Crippen molar-refractivity contribution in [2.75, 3.05) is 52.6 Å². The van der Waals surface area contributed by atoms with Crippen LogP contribution in [0.1, 0.15) is 25.7 Å². The van der Waals surface area contributed by atoms with Gasteiger partial charge < -0.3 is 30.3 Å². The quantitative estimate of drug-likeness (QED) is 0.363. The third-order valence-electron chi connectivity index (χ3n) is 3.44. The van der Waals surface area contributed by atoms with E-state index in [1.807, 2.05) is 0 Å². The molecule has 1 aliphatic carbocycles. The number of ether oxygens (including phenoxy) is 2. The summed E-state index contributed by atoms with van der Waals surface area (Å²) < 4.78 is 11.8. The Hall–Kier alpha value is -0.240. The highest BCUT2D eigenvalue weighted by Crippen LogP contribution is 2.23. The predicted octanol–water partition coefficient (Wildman–Crippen LogP) is -0.505. The van der Waals surface area contributed by atoms with Crippen LogP contribution in [-0.4, -0.2) is 75.0 Å². The van der Waals surface area contributed by atoms with E-state index in [-0.39, 0.29) is 25.4 Å². The molecule has 0 aromatic rings. The van der Waals surface area contributed by atoms with E-state index in [0.717, 1.165) is 25.9 Å². The Morgan fingerprint density at radius 1 is 0.750 bits per heavy atom. The lowest BCUT2D eigenvalue weighted by Gasteiger charge is -2.31. The van der Waals surface area contributed by atoms with Crippen LogP contribution < -0.4 is 10.6 Å². The first-order valence-electron chi connectivity index (χ1n) is 7.75. The highest BCUT2D eigenvalue weighted by Gasteiger charge is 2.26. The van der Waals surface area contributed by atoms with Crippen LogP contribution in [0.3, 0.4) is 0 Å². The van der Waals surface area contributed by atoms with E-state index in [0.29, 0.717) is 26.3 Å². The van der Waals surface area contributed by atoms with Gasteiger partial charge in [-0.25, -0.2) is 0 Å². The van der Waals surface area contributed by atoms with E-state index in [1.165, 1.54) is 12.8 Å². The van der Waals surface area contributed by atoms with Gasteiger partial charge in [-0.3, -0.25) is 0 Å². The third kappa shape index (κ3) is 8.14. The number of aliphatic hydroxyl groups excluding tert-OH is 2. The first-order chi connectivity index (χ1) is 9.88. The van der Waals surface area contributed by atoms with Gasteiger partial charge in [-0.2, -0.15) is 0 Å². The van der Waals surface area contributed by atoms with Gasteiger partial charge in [0, 0.05) is 26.2 Å². The lowest BCUT2D eigenvalue weighted by Crippen LogP contribution is -2.38. The van der Waals surface area contributed by atoms with E-state index in [1.54, 1.807) is 0 Å². The number of hydrogen-bond acceptors (Lipinski definition) is 6. The van der Waals surface area contributed by atoms with Crippen LogP contribution in [0.15, 0.2) is 0 Å². The Bertz CT molecular complexity index is 197. The molecule has 0 heterocycles. The summed E-state index contributed by atoms with van der Waals surface area (Å²) in [5.74, 6) is 0. The minimum Gasteiger partial charge on any atom is -0.395 e. The summed E-state index contributed by atoms with van der Waals surface area (Å²) in [6, 6.07) is 0. The van der Waals surface area contributed by atoms with Crippen molar-refractivity contribution in [1.29, 1.82) is 0 Å². The number of hydrogen-bond donors (Lipinski definition) is 4. The van der Waals surface area contributed by atoms with Gasteiger partial charge in [0.1, 0.15) is 0 Å². The molecule has 2 atom stereocenters. The van der Waals surface area contributed by atoms with Crippen LogP contribution in [0.2, 0.25) is 0 Å². The zero-order chi connectivity index (χ0) is 14.5. The molecule has 120 valence electrons. The van der Waals surface area contributed by atoms with Crippen LogP contribution >= 0.6 is 0 Å². The van der Waals surface area contributed by atoms with E-state index >= 15 is 0 Å². The molecule has 0 aromatic heterocycles. The highest BCUT2D eigenvalue weighted by atomic mass is 16.5. The second kappa shape index (κ2) is 12.5. The van der Waals surface area contributed by atoms with E-state index in [9.17, 15) is 0 Å². The summed E-state index contributed by atoms with van der Waals surface area (Å²) in [6.07, 6.45) is 4.92. The van der Waals surface area contributed by atoms with Crippen LogP contribution in [-0.2, 0) is 9.47 Å². The van der Waals surface area contributed by atoms with Crippen molar-refractivity contribution in [3.8, 4) is 0 Å². The van der Waals surface area contributed by atoms with Gasteiger partial charge in [0.05, 0.1) is 38.6 Å². The maximum Gasteiger partial charge on any atom is 0.0837 e. The molecule has 0 unspecified atom stereocenters. The zero-order valence-electron chi connectivity index (χ0n) is 12.4. The molecule has 1 saturated carbocycles. The second-order valence-corrected chi connectivity index (χ2v) is 5.05. The van der Waals surface area contributed by atoms with Crippen molar-refractivity contribution in [1.82, 2.24) is 10.6 Å². The summed E-state index contributed by atoms with van der Waals surface area (Å²) in [7, 11) is 0. The van der Waals surface area contributed by atoms with E-state index < -0.39 is 0 Å². The molecular weight excluding hydrogens is 260 g/mol. The van der Waals surface area contributed by atoms with Gasteiger partial charge in [-0.1, -0.05) is 12.8 Å². The Morgan fingerprint density at radius 3 is 1.60 bits per heavy atom. The van der Waals surface area contributed by atoms with Gasteiger partial charge in [-0.15, -0.1) is 0 Å². The summed E-state index contributed by atoms with van der Waals surface area (Å²) in [4.78, 5) is 0. The van der Waals surface area contributed by atoms with Crippen molar-refractivity contribution in [3.05, 3.63) is 0 Å². The smallest absolute Gasteiger partial charge is 0.0837 e. The molecular formula is C14H30N2O4. The van der Waals surface area contributed by atoms with E-state index in [4.69, 9.17) is 19.7 Å². The van der Waals surface area contributed by atoms with Crippen molar-refractivity contribution in [3.63, 3.8) is 0 Å². The molecule has 1 aliphatic rings. The summed E-state index contributed by atoms with van der Waals surface area (Å²) in [6.45, 7) is 4.41. The fraction of sp³-hybridized carbons (Fsp3) is 1.00. The molecule has 1 rings (SSSR count). The summed E-state index contributed by atoms with van der Waals surface area (Å²) >= 11 is 0. The standard InChI is InChI=1S/C14H30N2O4/c17-9-5-15-7-11-19-13-3-1-2-4-14(13)20-12-8-16-6-10-18/h13-18H,1-12H2/t13-,14+. The third-order valence-corrected chi connectivity index (χ3v) is 3.44. The molecule has 0 saturated heterocycles. The minimum absolute atomic E-state index is 0.163. The Morgan fingerprint density at radius 2 is 1.20 bits per heavy atom. The molecule has 0 radical (unpaired) electrons. The normalized spacial score (nSPS) is 23.1. The van der Waals surface area contributed by atoms with Crippen LogP contribution in [0.4, 0.5) is 0 Å². The van der Waals surface area contributed by atoms with Gasteiger partial charge in [0.15, 0.2) is 0 Å². The van der Waals surface area contributed by atoms with Gasteiger partial charge in [0.2, 0.25) is 0 Å². The molecule has 6 heteroatoms. The second-order valence-electron chi connectivity index (χ2n) is 5.05. The highest BCUT2D eigenvalue weighted by molar-refractivity contribution is 4.77. The topological polar surface area (TPSA) is 83.0 Å². The number of nitrogens with one attached hydrogen (secondary N) is 2. The zero-order valence-corrected chi connectivity index (χ0v) is 12.4.